The Morgan fingerprint density at radius 3 is 2.30 bits per heavy atom. The van der Waals surface area contributed by atoms with Crippen LogP contribution in [0.1, 0.15) is 10.4 Å². The second kappa shape index (κ2) is 8.07. The molecule has 1 aliphatic rings. The molecule has 0 radical (unpaired) electrons. The monoisotopic (exact) mass is 413 g/mol. The molecule has 0 amide bonds. The summed E-state index contributed by atoms with van der Waals surface area (Å²) in [6.45, 7) is 3.94. The zero-order valence-corrected chi connectivity index (χ0v) is 16.3. The van der Waals surface area contributed by atoms with Crippen molar-refractivity contribution in [3.63, 3.8) is 0 Å². The number of halogens is 2. The Kier molecular flexibility index (Phi) is 5.32. The van der Waals surface area contributed by atoms with Gasteiger partial charge in [0, 0.05) is 37.6 Å². The van der Waals surface area contributed by atoms with Crippen molar-refractivity contribution in [3.8, 4) is 0 Å². The number of carbonyl (C=O) groups is 1. The Labute approximate surface area is 171 Å². The summed E-state index contributed by atoms with van der Waals surface area (Å²) in [5, 5.41) is 6.90. The normalized spacial score (nSPS) is 14.7. The molecule has 1 aromatic heterocycles. The van der Waals surface area contributed by atoms with E-state index in [0.29, 0.717) is 10.4 Å². The number of hydrogen-bond acceptors (Lipinski definition) is 7. The van der Waals surface area contributed by atoms with Gasteiger partial charge in [0.25, 0.3) is 5.91 Å². The number of hydrogen-bond donors (Lipinski definition) is 2. The molecule has 3 aromatic rings. The fourth-order valence-corrected chi connectivity index (χ4v) is 3.28. The molecular weight excluding hydrogens is 392 g/mol. The fraction of sp³-hybridized carbons (Fsp3) is 0.250. The number of nitrogens with zero attached hydrogens (tertiary/aromatic N) is 5. The Morgan fingerprint density at radius 1 is 1.03 bits per heavy atom. The lowest BCUT2D eigenvalue weighted by atomic mass is 10.2. The Balaban J connectivity index is 1.49. The molecule has 0 spiro atoms. The van der Waals surface area contributed by atoms with E-state index in [1.165, 1.54) is 6.07 Å². The first-order chi connectivity index (χ1) is 14.4. The number of rotatable bonds is 4. The molecular formula is C20H21F2N7O. The molecule has 2 heterocycles. The van der Waals surface area contributed by atoms with Crippen LogP contribution in [0.5, 0.6) is 0 Å². The molecule has 3 N–H and O–H groups in total. The van der Waals surface area contributed by atoms with E-state index < -0.39 is 23.1 Å². The molecule has 1 fully saturated rings. The van der Waals surface area contributed by atoms with Gasteiger partial charge in [0.05, 0.1) is 0 Å². The van der Waals surface area contributed by atoms with Crippen molar-refractivity contribution < 1.29 is 13.6 Å². The van der Waals surface area contributed by atoms with Crippen molar-refractivity contribution in [1.82, 2.24) is 19.7 Å². The summed E-state index contributed by atoms with van der Waals surface area (Å²) in [6.07, 6.45) is 0. The first-order valence-electron chi connectivity index (χ1n) is 9.44. The van der Waals surface area contributed by atoms with Crippen molar-refractivity contribution in [3.05, 3.63) is 59.7 Å². The zero-order valence-electron chi connectivity index (χ0n) is 16.3. The van der Waals surface area contributed by atoms with E-state index in [4.69, 9.17) is 5.73 Å². The van der Waals surface area contributed by atoms with E-state index >= 15 is 0 Å². The van der Waals surface area contributed by atoms with Crippen LogP contribution in [0.2, 0.25) is 0 Å². The summed E-state index contributed by atoms with van der Waals surface area (Å²) in [5.74, 6) is -3.26. The van der Waals surface area contributed by atoms with Crippen LogP contribution in [-0.4, -0.2) is 58.8 Å². The molecule has 2 aromatic carbocycles. The van der Waals surface area contributed by atoms with E-state index in [1.807, 2.05) is 24.3 Å². The van der Waals surface area contributed by atoms with Gasteiger partial charge in [-0.1, -0.05) is 6.07 Å². The van der Waals surface area contributed by atoms with Gasteiger partial charge in [-0.2, -0.15) is 9.67 Å². The van der Waals surface area contributed by atoms with Crippen LogP contribution >= 0.6 is 0 Å². The lowest BCUT2D eigenvalue weighted by Crippen LogP contribution is -2.44. The highest BCUT2D eigenvalue weighted by Gasteiger charge is 2.23. The van der Waals surface area contributed by atoms with Crippen LogP contribution in [0.25, 0.3) is 0 Å². The highest BCUT2D eigenvalue weighted by Crippen LogP contribution is 2.22. The van der Waals surface area contributed by atoms with Gasteiger partial charge >= 0.3 is 0 Å². The molecule has 0 unspecified atom stereocenters. The van der Waals surface area contributed by atoms with Gasteiger partial charge in [0.1, 0.15) is 17.2 Å². The van der Waals surface area contributed by atoms with Gasteiger partial charge in [-0.15, -0.1) is 5.10 Å². The topological polar surface area (TPSA) is 92.3 Å². The predicted molar refractivity (Wildman–Crippen MR) is 110 cm³/mol. The summed E-state index contributed by atoms with van der Waals surface area (Å²) in [7, 11) is 2.10. The maximum atomic E-state index is 13.9. The summed E-state index contributed by atoms with van der Waals surface area (Å²) in [4.78, 5) is 21.0. The molecule has 8 nitrogen and oxygen atoms in total. The van der Waals surface area contributed by atoms with E-state index in [9.17, 15) is 13.6 Å². The highest BCUT2D eigenvalue weighted by molar-refractivity contribution is 5.97. The molecule has 4 rings (SSSR count). The Hall–Kier alpha value is -3.53. The number of nitrogen functional groups attached to an aromatic ring is 1. The quantitative estimate of drug-likeness (QED) is 0.678. The van der Waals surface area contributed by atoms with Crippen molar-refractivity contribution in [2.75, 3.05) is 49.2 Å². The first kappa shape index (κ1) is 19.8. The van der Waals surface area contributed by atoms with Crippen LogP contribution in [0.15, 0.2) is 42.5 Å². The van der Waals surface area contributed by atoms with Crippen molar-refractivity contribution in [2.45, 2.75) is 0 Å². The standard InChI is InChI=1S/C20H21F2N7O/c1-27-9-11-28(12-10-27)14-7-5-13(6-8-14)24-20-25-19(23)29(26-20)18(30)17-15(21)3-2-4-16(17)22/h2-8H,9-12H2,1H3,(H3,23,24,25,26). The molecule has 0 aliphatic carbocycles. The minimum Gasteiger partial charge on any atom is -0.369 e. The second-order valence-corrected chi connectivity index (χ2v) is 7.07. The number of likely N-dealkylation sites (N-methyl/N-ethyl adjacent to an activating group) is 1. The maximum Gasteiger partial charge on any atom is 0.287 e. The van der Waals surface area contributed by atoms with Gasteiger partial charge < -0.3 is 20.9 Å². The molecule has 0 atom stereocenters. The first-order valence-corrected chi connectivity index (χ1v) is 9.44. The van der Waals surface area contributed by atoms with Crippen molar-refractivity contribution in [1.29, 1.82) is 0 Å². The van der Waals surface area contributed by atoms with Crippen LogP contribution in [-0.2, 0) is 0 Å². The van der Waals surface area contributed by atoms with Crippen LogP contribution in [0.3, 0.4) is 0 Å². The second-order valence-electron chi connectivity index (χ2n) is 7.07. The van der Waals surface area contributed by atoms with Crippen LogP contribution in [0, 0.1) is 11.6 Å². The number of piperazine rings is 1. The smallest absolute Gasteiger partial charge is 0.287 e. The number of anilines is 4. The lowest BCUT2D eigenvalue weighted by Gasteiger charge is -2.34. The minimum absolute atomic E-state index is 0.0462. The number of nitrogens with two attached hydrogens (primary N) is 1. The van der Waals surface area contributed by atoms with E-state index in [1.54, 1.807) is 0 Å². The highest BCUT2D eigenvalue weighted by atomic mass is 19.1. The third-order valence-corrected chi connectivity index (χ3v) is 4.99. The van der Waals surface area contributed by atoms with Gasteiger partial charge in [-0.25, -0.2) is 8.78 Å². The molecule has 10 heteroatoms. The van der Waals surface area contributed by atoms with Gasteiger partial charge in [-0.3, -0.25) is 4.79 Å². The van der Waals surface area contributed by atoms with Gasteiger partial charge in [0.2, 0.25) is 11.9 Å². The molecule has 30 heavy (non-hydrogen) atoms. The van der Waals surface area contributed by atoms with E-state index in [0.717, 1.165) is 44.0 Å². The molecule has 156 valence electrons. The molecule has 0 saturated carbocycles. The number of aromatic nitrogens is 3. The van der Waals surface area contributed by atoms with Crippen molar-refractivity contribution in [2.24, 2.45) is 0 Å². The van der Waals surface area contributed by atoms with Crippen LogP contribution in [0.4, 0.5) is 32.1 Å². The fourth-order valence-electron chi connectivity index (χ4n) is 3.28. The Morgan fingerprint density at radius 2 is 1.67 bits per heavy atom. The minimum atomic E-state index is -1.03. The number of nitrogens with one attached hydrogen (secondary N) is 1. The SMILES string of the molecule is CN1CCN(c2ccc(Nc3nc(N)n(C(=O)c4c(F)cccc4F)n3)cc2)CC1. The Bertz CT molecular complexity index is 1040. The van der Waals surface area contributed by atoms with Crippen LogP contribution < -0.4 is 16.0 Å². The van der Waals surface area contributed by atoms with Crippen molar-refractivity contribution >= 4 is 29.2 Å². The lowest BCUT2D eigenvalue weighted by molar-refractivity contribution is 0.0939. The number of carbonyl (C=O) groups excluding carboxylic acids is 1. The summed E-state index contributed by atoms with van der Waals surface area (Å²) in [6, 6.07) is 10.8. The largest absolute Gasteiger partial charge is 0.369 e. The average molecular weight is 413 g/mol. The number of benzene rings is 2. The summed E-state index contributed by atoms with van der Waals surface area (Å²) >= 11 is 0. The average Bonchev–Trinajstić information content (AvgIpc) is 3.09. The molecule has 1 saturated heterocycles. The maximum absolute atomic E-state index is 13.9. The third-order valence-electron chi connectivity index (χ3n) is 4.99. The molecule has 1 aliphatic heterocycles. The van der Waals surface area contributed by atoms with Gasteiger partial charge in [-0.05, 0) is 43.4 Å². The van der Waals surface area contributed by atoms with E-state index in [2.05, 4.69) is 32.2 Å². The molecule has 0 bridgehead atoms. The third kappa shape index (κ3) is 3.94. The zero-order chi connectivity index (χ0) is 21.3. The van der Waals surface area contributed by atoms with E-state index in [-0.39, 0.29) is 11.9 Å². The van der Waals surface area contributed by atoms with Gasteiger partial charge in [0.15, 0.2) is 0 Å². The summed E-state index contributed by atoms with van der Waals surface area (Å²) in [5.41, 5.74) is 6.80. The predicted octanol–water partition coefficient (Wildman–Crippen LogP) is 2.32. The summed E-state index contributed by atoms with van der Waals surface area (Å²) < 4.78 is 28.5.